The molecular weight excluding hydrogens is 136 g/mol. The Kier molecular flexibility index (Phi) is 6.33. The van der Waals surface area contributed by atoms with Crippen LogP contribution in [0.3, 0.4) is 0 Å². The van der Waals surface area contributed by atoms with Crippen LogP contribution in [0.2, 0.25) is 6.32 Å². The first-order chi connectivity index (χ1) is 5.22. The Balaban J connectivity index is 3.44. The summed E-state index contributed by atoms with van der Waals surface area (Å²) in [6.45, 7) is 0.744. The third-order valence-corrected chi connectivity index (χ3v) is 2.07. The van der Waals surface area contributed by atoms with Gasteiger partial charge in [-0.3, -0.25) is 0 Å². The molecule has 0 aliphatic heterocycles. The van der Waals surface area contributed by atoms with Crippen molar-refractivity contribution >= 4 is 21.4 Å². The zero-order valence-electron chi connectivity index (χ0n) is 7.60. The molecular formula is C7H17B2NO. The summed E-state index contributed by atoms with van der Waals surface area (Å²) in [5, 5.41) is 0. The molecule has 0 spiro atoms. The first-order valence-corrected chi connectivity index (χ1v) is 4.42. The normalized spacial score (nSPS) is 12.8. The van der Waals surface area contributed by atoms with Gasteiger partial charge in [0.25, 0.3) is 0 Å². The fourth-order valence-electron chi connectivity index (χ4n) is 1.23. The molecule has 0 saturated carbocycles. The molecule has 2 N–H and O–H groups in total. The fourth-order valence-corrected chi connectivity index (χ4v) is 1.23. The van der Waals surface area contributed by atoms with Crippen molar-refractivity contribution < 1.29 is 4.79 Å². The number of carbonyl (C=O) groups excluding carboxylic acids is 1. The van der Waals surface area contributed by atoms with Crippen LogP contribution in [0.1, 0.15) is 19.3 Å². The molecule has 0 aromatic rings. The Morgan fingerprint density at radius 3 is 2.45 bits per heavy atom. The molecule has 0 rings (SSSR count). The number of rotatable bonds is 6. The molecule has 4 heteroatoms. The molecule has 0 fully saturated rings. The second kappa shape index (κ2) is 6.47. The highest BCUT2D eigenvalue weighted by atomic mass is 16.1. The molecule has 0 amide bonds. The summed E-state index contributed by atoms with van der Waals surface area (Å²) in [4.78, 5) is 10.9. The summed E-state index contributed by atoms with van der Waals surface area (Å²) in [7, 11) is 3.74. The highest BCUT2D eigenvalue weighted by Crippen LogP contribution is 2.11. The van der Waals surface area contributed by atoms with E-state index in [1.54, 1.807) is 7.85 Å². The lowest BCUT2D eigenvalue weighted by molar-refractivity contribution is -0.114. The first-order valence-electron chi connectivity index (χ1n) is 4.42. The topological polar surface area (TPSA) is 43.1 Å². The molecule has 0 radical (unpaired) electrons. The lowest BCUT2D eigenvalue weighted by Crippen LogP contribution is -2.14. The van der Waals surface area contributed by atoms with E-state index in [1.807, 2.05) is 0 Å². The van der Waals surface area contributed by atoms with Crippen molar-refractivity contribution in [3.05, 3.63) is 0 Å². The predicted octanol–water partition coefficient (Wildman–Crippen LogP) is -1.06. The summed E-state index contributed by atoms with van der Waals surface area (Å²) in [6.07, 6.45) is 4.13. The molecule has 0 bridgehead atoms. The summed E-state index contributed by atoms with van der Waals surface area (Å²) < 4.78 is 0. The Labute approximate surface area is 70.7 Å². The van der Waals surface area contributed by atoms with Gasteiger partial charge in [0, 0.05) is 5.92 Å². The van der Waals surface area contributed by atoms with Gasteiger partial charge < -0.3 is 10.5 Å². The van der Waals surface area contributed by atoms with Gasteiger partial charge in [0.05, 0.1) is 5.68 Å². The smallest absolute Gasteiger partial charge is 0.187 e. The molecule has 0 aliphatic carbocycles. The van der Waals surface area contributed by atoms with Crippen LogP contribution in [-0.4, -0.2) is 27.9 Å². The average molecular weight is 153 g/mol. The standard InChI is InChI=1S/C7H17B2NO/c8-5-6(7(9)11)3-1-2-4-10/h6H,1-5,8-10H2/t6-/m1/s1. The summed E-state index contributed by atoms with van der Waals surface area (Å²) in [5.74, 6) is 0.279. The van der Waals surface area contributed by atoms with E-state index in [0.717, 1.165) is 32.1 Å². The van der Waals surface area contributed by atoms with Crippen molar-refractivity contribution in [3.8, 4) is 0 Å². The quantitative estimate of drug-likeness (QED) is 0.390. The van der Waals surface area contributed by atoms with Crippen molar-refractivity contribution in [2.75, 3.05) is 6.54 Å². The Morgan fingerprint density at radius 2 is 2.09 bits per heavy atom. The molecule has 0 unspecified atom stereocenters. The van der Waals surface area contributed by atoms with Crippen molar-refractivity contribution in [1.29, 1.82) is 0 Å². The number of nitrogens with two attached hydrogens (primary N) is 1. The molecule has 0 saturated heterocycles. The molecule has 11 heavy (non-hydrogen) atoms. The van der Waals surface area contributed by atoms with Gasteiger partial charge in [0.2, 0.25) is 0 Å². The van der Waals surface area contributed by atoms with Crippen LogP contribution in [0, 0.1) is 5.92 Å². The summed E-state index contributed by atoms with van der Waals surface area (Å²) in [6, 6.07) is 0. The van der Waals surface area contributed by atoms with Gasteiger partial charge in [-0.1, -0.05) is 12.7 Å². The fraction of sp³-hybridized carbons (Fsp3) is 0.857. The molecule has 0 aromatic heterocycles. The Bertz CT molecular complexity index is 119. The number of unbranched alkanes of at least 4 members (excludes halogenated alkanes) is 1. The maximum Gasteiger partial charge on any atom is 0.187 e. The highest BCUT2D eigenvalue weighted by Gasteiger charge is 2.09. The Hall–Kier alpha value is -0.240. The van der Waals surface area contributed by atoms with Gasteiger partial charge in [-0.25, -0.2) is 0 Å². The van der Waals surface area contributed by atoms with Crippen LogP contribution in [0.4, 0.5) is 0 Å². The summed E-state index contributed by atoms with van der Waals surface area (Å²) >= 11 is 0. The van der Waals surface area contributed by atoms with Crippen LogP contribution in [0.5, 0.6) is 0 Å². The molecule has 0 aromatic carbocycles. The molecule has 0 aliphatic rings. The van der Waals surface area contributed by atoms with Crippen LogP contribution < -0.4 is 5.73 Å². The molecule has 62 valence electrons. The van der Waals surface area contributed by atoms with Crippen LogP contribution in [0.25, 0.3) is 0 Å². The van der Waals surface area contributed by atoms with Crippen LogP contribution in [-0.2, 0) is 4.79 Å². The zero-order valence-corrected chi connectivity index (χ0v) is 7.60. The highest BCUT2D eigenvalue weighted by molar-refractivity contribution is 6.58. The lowest BCUT2D eigenvalue weighted by Gasteiger charge is -2.09. The third-order valence-electron chi connectivity index (χ3n) is 2.07. The largest absolute Gasteiger partial charge is 0.330 e. The van der Waals surface area contributed by atoms with Crippen molar-refractivity contribution in [2.24, 2.45) is 11.7 Å². The minimum atomic E-state index is 0.279. The number of hydrogen-bond acceptors (Lipinski definition) is 2. The first kappa shape index (κ1) is 10.8. The van der Waals surface area contributed by atoms with E-state index in [1.165, 1.54) is 0 Å². The molecule has 1 atom stereocenters. The van der Waals surface area contributed by atoms with Gasteiger partial charge in [-0.05, 0) is 19.4 Å². The van der Waals surface area contributed by atoms with E-state index < -0.39 is 0 Å². The number of carbonyl (C=O) groups is 1. The van der Waals surface area contributed by atoms with E-state index in [-0.39, 0.29) is 5.92 Å². The average Bonchev–Trinajstić information content (AvgIpc) is 1.97. The molecule has 0 heterocycles. The molecule has 2 nitrogen and oxygen atoms in total. The van der Waals surface area contributed by atoms with Gasteiger partial charge in [-0.2, -0.15) is 0 Å². The summed E-state index contributed by atoms with van der Waals surface area (Å²) in [5.41, 5.74) is 5.67. The predicted molar refractivity (Wildman–Crippen MR) is 53.3 cm³/mol. The van der Waals surface area contributed by atoms with E-state index in [2.05, 4.69) is 7.85 Å². The third kappa shape index (κ3) is 5.08. The van der Waals surface area contributed by atoms with E-state index >= 15 is 0 Å². The van der Waals surface area contributed by atoms with E-state index in [0.29, 0.717) is 5.68 Å². The second-order valence-electron chi connectivity index (χ2n) is 3.00. The lowest BCUT2D eigenvalue weighted by atomic mass is 9.78. The van der Waals surface area contributed by atoms with E-state index in [4.69, 9.17) is 5.73 Å². The maximum absolute atomic E-state index is 10.9. The van der Waals surface area contributed by atoms with E-state index in [9.17, 15) is 4.79 Å². The zero-order chi connectivity index (χ0) is 8.69. The Morgan fingerprint density at radius 1 is 1.45 bits per heavy atom. The maximum atomic E-state index is 10.9. The minimum Gasteiger partial charge on any atom is -0.330 e. The van der Waals surface area contributed by atoms with Gasteiger partial charge in [0.1, 0.15) is 7.85 Å². The van der Waals surface area contributed by atoms with Crippen LogP contribution >= 0.6 is 0 Å². The van der Waals surface area contributed by atoms with Gasteiger partial charge in [0.15, 0.2) is 7.85 Å². The SMILES string of the molecule is BC[C@@H](CCCCN)C(B)=O. The minimum absolute atomic E-state index is 0.279. The van der Waals surface area contributed by atoms with Crippen molar-refractivity contribution in [3.63, 3.8) is 0 Å². The van der Waals surface area contributed by atoms with Crippen LogP contribution in [0.15, 0.2) is 0 Å². The van der Waals surface area contributed by atoms with Crippen molar-refractivity contribution in [1.82, 2.24) is 0 Å². The van der Waals surface area contributed by atoms with Gasteiger partial charge in [-0.15, -0.1) is 0 Å². The second-order valence-corrected chi connectivity index (χ2v) is 3.00. The number of hydrogen-bond donors (Lipinski definition) is 1. The van der Waals surface area contributed by atoms with Gasteiger partial charge >= 0.3 is 0 Å². The monoisotopic (exact) mass is 153 g/mol. The van der Waals surface area contributed by atoms with Crippen molar-refractivity contribution in [2.45, 2.75) is 25.6 Å².